The first kappa shape index (κ1) is 7.50. The molecule has 0 aliphatic rings. The highest BCUT2D eigenvalue weighted by atomic mass is 32.1. The summed E-state index contributed by atoms with van der Waals surface area (Å²) in [5, 5.41) is 1.14. The van der Waals surface area contributed by atoms with Crippen LogP contribution in [0.3, 0.4) is 0 Å². The van der Waals surface area contributed by atoms with Gasteiger partial charge in [0.2, 0.25) is 0 Å². The summed E-state index contributed by atoms with van der Waals surface area (Å²) in [6, 6.07) is 6.21. The standard InChI is InChI=1S/C10H8NS/c1-2-4-8-5-3-6-10-9(8)7-11-12-10/h2-3,5-6H,1,4H2. The number of fused-ring (bicyclic) bond motifs is 1. The van der Waals surface area contributed by atoms with E-state index in [1.165, 1.54) is 21.8 Å². The molecule has 0 bridgehead atoms. The summed E-state index contributed by atoms with van der Waals surface area (Å²) in [5.41, 5.74) is 1.26. The Morgan fingerprint density at radius 2 is 2.50 bits per heavy atom. The number of nitrogens with zero attached hydrogens (tertiary/aromatic N) is 1. The van der Waals surface area contributed by atoms with Gasteiger partial charge in [-0.1, -0.05) is 18.2 Å². The molecule has 0 atom stereocenters. The van der Waals surface area contributed by atoms with Gasteiger partial charge in [0.25, 0.3) is 0 Å². The lowest BCUT2D eigenvalue weighted by molar-refractivity contribution is 1.31. The lowest BCUT2D eigenvalue weighted by Crippen LogP contribution is -1.79. The highest BCUT2D eigenvalue weighted by Crippen LogP contribution is 2.21. The fourth-order valence-corrected chi connectivity index (χ4v) is 1.87. The molecular weight excluding hydrogens is 166 g/mol. The molecule has 2 heteroatoms. The molecule has 12 heavy (non-hydrogen) atoms. The maximum Gasteiger partial charge on any atom is 0.112 e. The third-order valence-corrected chi connectivity index (χ3v) is 2.50. The Kier molecular flexibility index (Phi) is 1.92. The van der Waals surface area contributed by atoms with Crippen molar-refractivity contribution in [3.8, 4) is 0 Å². The third kappa shape index (κ3) is 1.14. The van der Waals surface area contributed by atoms with Crippen LogP contribution in [0.4, 0.5) is 0 Å². The van der Waals surface area contributed by atoms with Crippen molar-refractivity contribution in [1.29, 1.82) is 0 Å². The molecule has 2 aromatic rings. The Morgan fingerprint density at radius 1 is 1.58 bits per heavy atom. The van der Waals surface area contributed by atoms with Gasteiger partial charge in [-0.15, -0.1) is 6.58 Å². The highest BCUT2D eigenvalue weighted by molar-refractivity contribution is 7.13. The molecule has 0 saturated heterocycles. The Hall–Kier alpha value is -1.15. The molecule has 1 aromatic carbocycles. The van der Waals surface area contributed by atoms with Crippen LogP contribution in [-0.2, 0) is 6.42 Å². The maximum atomic E-state index is 4.03. The average Bonchev–Trinajstić information content (AvgIpc) is 2.53. The average molecular weight is 174 g/mol. The summed E-state index contributed by atoms with van der Waals surface area (Å²) < 4.78 is 5.23. The highest BCUT2D eigenvalue weighted by Gasteiger charge is 2.00. The number of hydrogen-bond donors (Lipinski definition) is 0. The normalized spacial score (nSPS) is 10.3. The van der Waals surface area contributed by atoms with Crippen molar-refractivity contribution < 1.29 is 0 Å². The molecule has 0 unspecified atom stereocenters. The van der Waals surface area contributed by atoms with Crippen LogP contribution < -0.4 is 0 Å². The Bertz CT molecular complexity index is 403. The van der Waals surface area contributed by atoms with Gasteiger partial charge >= 0.3 is 0 Å². The fraction of sp³-hybridized carbons (Fsp3) is 0.100. The number of aromatic nitrogens is 1. The molecule has 1 heterocycles. The van der Waals surface area contributed by atoms with Crippen molar-refractivity contribution in [2.45, 2.75) is 6.42 Å². The van der Waals surface area contributed by atoms with Crippen molar-refractivity contribution in [2.24, 2.45) is 0 Å². The van der Waals surface area contributed by atoms with Gasteiger partial charge in [-0.05, 0) is 29.6 Å². The molecule has 1 radical (unpaired) electrons. The third-order valence-electron chi connectivity index (χ3n) is 1.78. The van der Waals surface area contributed by atoms with Crippen LogP contribution in [0.15, 0.2) is 30.9 Å². The van der Waals surface area contributed by atoms with Crippen molar-refractivity contribution in [3.63, 3.8) is 0 Å². The predicted molar refractivity (Wildman–Crippen MR) is 52.4 cm³/mol. The van der Waals surface area contributed by atoms with Crippen molar-refractivity contribution in [3.05, 3.63) is 42.6 Å². The van der Waals surface area contributed by atoms with Crippen molar-refractivity contribution in [2.75, 3.05) is 0 Å². The number of hydrogen-bond acceptors (Lipinski definition) is 2. The second-order valence-corrected chi connectivity index (χ2v) is 3.38. The van der Waals surface area contributed by atoms with Crippen LogP contribution in [0, 0.1) is 6.20 Å². The molecule has 2 rings (SSSR count). The van der Waals surface area contributed by atoms with Gasteiger partial charge in [0.05, 0.1) is 4.70 Å². The van der Waals surface area contributed by atoms with Crippen LogP contribution in [-0.4, -0.2) is 4.37 Å². The van der Waals surface area contributed by atoms with Crippen LogP contribution in [0.2, 0.25) is 0 Å². The molecule has 0 spiro atoms. The molecule has 0 fully saturated rings. The van der Waals surface area contributed by atoms with E-state index in [4.69, 9.17) is 0 Å². The zero-order valence-electron chi connectivity index (χ0n) is 6.58. The molecule has 0 N–H and O–H groups in total. The SMILES string of the molecule is C=CCc1cccc2sn[c]c12. The molecule has 1 aromatic heterocycles. The van der Waals surface area contributed by atoms with Gasteiger partial charge in [-0.25, -0.2) is 0 Å². The summed E-state index contributed by atoms with van der Waals surface area (Å²) in [7, 11) is 0. The van der Waals surface area contributed by atoms with E-state index in [1.54, 1.807) is 0 Å². The van der Waals surface area contributed by atoms with Gasteiger partial charge in [-0.3, -0.25) is 0 Å². The minimum atomic E-state index is 0.895. The number of benzene rings is 1. The Balaban J connectivity index is 2.65. The van der Waals surface area contributed by atoms with E-state index in [2.05, 4.69) is 29.3 Å². The second kappa shape index (κ2) is 3.07. The van der Waals surface area contributed by atoms with E-state index in [0.29, 0.717) is 0 Å². The van der Waals surface area contributed by atoms with Crippen LogP contribution in [0.25, 0.3) is 10.1 Å². The summed E-state index contributed by atoms with van der Waals surface area (Å²) in [4.78, 5) is 0. The molecule has 0 amide bonds. The summed E-state index contributed by atoms with van der Waals surface area (Å²) in [6.45, 7) is 3.72. The van der Waals surface area contributed by atoms with Gasteiger partial charge < -0.3 is 0 Å². The monoisotopic (exact) mass is 174 g/mol. The van der Waals surface area contributed by atoms with E-state index in [1.807, 2.05) is 12.1 Å². The number of allylic oxidation sites excluding steroid dienone is 1. The minimum Gasteiger partial charge on any atom is -0.190 e. The quantitative estimate of drug-likeness (QED) is 0.638. The van der Waals surface area contributed by atoms with Crippen molar-refractivity contribution in [1.82, 2.24) is 4.37 Å². The summed E-state index contributed by atoms with van der Waals surface area (Å²) in [5.74, 6) is 0. The maximum absolute atomic E-state index is 4.03. The van der Waals surface area contributed by atoms with E-state index >= 15 is 0 Å². The summed E-state index contributed by atoms with van der Waals surface area (Å²) >= 11 is 1.49. The van der Waals surface area contributed by atoms with E-state index < -0.39 is 0 Å². The van der Waals surface area contributed by atoms with Crippen LogP contribution >= 0.6 is 11.5 Å². The molecular formula is C10H8NS. The second-order valence-electron chi connectivity index (χ2n) is 2.58. The smallest absolute Gasteiger partial charge is 0.112 e. The molecule has 1 nitrogen and oxygen atoms in total. The summed E-state index contributed by atoms with van der Waals surface area (Å²) in [6.07, 6.45) is 5.79. The fourth-order valence-electron chi connectivity index (χ4n) is 1.22. The largest absolute Gasteiger partial charge is 0.190 e. The lowest BCUT2D eigenvalue weighted by Gasteiger charge is -1.96. The molecule has 0 aliphatic carbocycles. The number of rotatable bonds is 2. The Morgan fingerprint density at radius 3 is 3.33 bits per heavy atom. The molecule has 59 valence electrons. The first-order valence-corrected chi connectivity index (χ1v) is 4.55. The van der Waals surface area contributed by atoms with Crippen LogP contribution in [0.1, 0.15) is 5.56 Å². The van der Waals surface area contributed by atoms with E-state index in [0.717, 1.165) is 11.8 Å². The topological polar surface area (TPSA) is 12.9 Å². The molecule has 0 aliphatic heterocycles. The Labute approximate surface area is 75.5 Å². The van der Waals surface area contributed by atoms with Gasteiger partial charge in [-0.2, -0.15) is 4.37 Å². The minimum absolute atomic E-state index is 0.895. The van der Waals surface area contributed by atoms with E-state index in [9.17, 15) is 0 Å². The van der Waals surface area contributed by atoms with Gasteiger partial charge in [0.15, 0.2) is 0 Å². The van der Waals surface area contributed by atoms with Gasteiger partial charge in [0, 0.05) is 5.39 Å². The van der Waals surface area contributed by atoms with E-state index in [-0.39, 0.29) is 0 Å². The van der Waals surface area contributed by atoms with Crippen LogP contribution in [0.5, 0.6) is 0 Å². The van der Waals surface area contributed by atoms with Gasteiger partial charge in [0.1, 0.15) is 6.20 Å². The zero-order valence-corrected chi connectivity index (χ0v) is 7.40. The predicted octanol–water partition coefficient (Wildman–Crippen LogP) is 2.82. The zero-order chi connectivity index (χ0) is 8.39. The lowest BCUT2D eigenvalue weighted by atomic mass is 10.1. The molecule has 0 saturated carbocycles. The first-order chi connectivity index (χ1) is 5.92. The first-order valence-electron chi connectivity index (χ1n) is 3.77. The van der Waals surface area contributed by atoms with Crippen molar-refractivity contribution >= 4 is 21.6 Å².